The van der Waals surface area contributed by atoms with E-state index in [1.807, 2.05) is 0 Å². The quantitative estimate of drug-likeness (QED) is 0.561. The summed E-state index contributed by atoms with van der Waals surface area (Å²) < 4.78 is 5.21. The van der Waals surface area contributed by atoms with Crippen molar-refractivity contribution in [2.45, 2.75) is 0 Å². The monoisotopic (exact) mass is 229 g/mol. The highest BCUT2D eigenvalue weighted by molar-refractivity contribution is 14.1. The van der Waals surface area contributed by atoms with Crippen LogP contribution in [0, 0.1) is 0 Å². The van der Waals surface area contributed by atoms with Crippen LogP contribution in [0.5, 0.6) is 0 Å². The third-order valence-corrected chi connectivity index (χ3v) is 1.09. The topological polar surface area (TPSA) is 38.3 Å². The highest BCUT2D eigenvalue weighted by Crippen LogP contribution is 1.76. The highest BCUT2D eigenvalue weighted by Gasteiger charge is 1.92. The van der Waals surface area contributed by atoms with Crippen molar-refractivity contribution in [2.24, 2.45) is 0 Å². The number of ether oxygens (including phenoxy) is 1. The van der Waals surface area contributed by atoms with Crippen LogP contribution >= 0.6 is 22.6 Å². The molecular weight excluding hydrogens is 221 g/mol. The zero-order valence-corrected chi connectivity index (χ0v) is 6.77. The van der Waals surface area contributed by atoms with E-state index in [4.69, 9.17) is 0 Å². The summed E-state index contributed by atoms with van der Waals surface area (Å²) in [6, 6.07) is 0. The number of amides is 1. The number of hydrogen-bond acceptors (Lipinski definition) is 2. The Balaban J connectivity index is 2.99. The van der Waals surface area contributed by atoms with Crippen molar-refractivity contribution in [1.82, 2.24) is 5.32 Å². The van der Waals surface area contributed by atoms with Gasteiger partial charge >= 0.3 is 6.09 Å². The molecule has 0 unspecified atom stereocenters. The summed E-state index contributed by atoms with van der Waals surface area (Å²) in [6.07, 6.45) is -0.360. The first-order chi connectivity index (χ1) is 3.81. The molecule has 0 rings (SSSR count). The van der Waals surface area contributed by atoms with Crippen LogP contribution in [0.25, 0.3) is 0 Å². The van der Waals surface area contributed by atoms with Crippen molar-refractivity contribution in [3.63, 3.8) is 0 Å². The Labute approximate surface area is 61.9 Å². The number of rotatable bonds is 2. The SMILES string of the molecule is COC(=O)NCCI. The zero-order chi connectivity index (χ0) is 6.41. The Kier molecular flexibility index (Phi) is 5.14. The average Bonchev–Trinajstić information content (AvgIpc) is 1.83. The Morgan fingerprint density at radius 3 is 2.88 bits per heavy atom. The van der Waals surface area contributed by atoms with Gasteiger partial charge in [0.15, 0.2) is 0 Å². The number of methoxy groups -OCH3 is 1. The standard InChI is InChI=1S/C4H8INO2/c1-8-4(7)6-3-2-5/h2-3H2,1H3,(H,6,7). The lowest BCUT2D eigenvalue weighted by molar-refractivity contribution is 0.172. The average molecular weight is 229 g/mol. The number of halogens is 1. The minimum Gasteiger partial charge on any atom is -0.453 e. The summed E-state index contributed by atoms with van der Waals surface area (Å²) >= 11 is 2.17. The van der Waals surface area contributed by atoms with Crippen LogP contribution in [-0.2, 0) is 4.74 Å². The molecule has 0 saturated carbocycles. The Hall–Kier alpha value is 0. The molecule has 0 fully saturated rings. The number of nitrogens with one attached hydrogen (secondary N) is 1. The number of carbonyl (C=O) groups is 1. The molecular formula is C4H8INO2. The predicted octanol–water partition coefficient (Wildman–Crippen LogP) is 0.777. The first kappa shape index (κ1) is 8.00. The summed E-state index contributed by atoms with van der Waals surface area (Å²) in [7, 11) is 1.35. The minimum atomic E-state index is -0.360. The molecule has 4 heteroatoms. The predicted molar refractivity (Wildman–Crippen MR) is 39.3 cm³/mol. The fourth-order valence-electron chi connectivity index (χ4n) is 0.221. The van der Waals surface area contributed by atoms with Crippen LogP contribution in [-0.4, -0.2) is 24.2 Å². The number of carbonyl (C=O) groups excluding carboxylic acids is 1. The lowest BCUT2D eigenvalue weighted by atomic mass is 10.8. The maximum Gasteiger partial charge on any atom is 0.406 e. The van der Waals surface area contributed by atoms with Gasteiger partial charge in [0, 0.05) is 11.0 Å². The van der Waals surface area contributed by atoms with Crippen molar-refractivity contribution < 1.29 is 9.53 Å². The summed E-state index contributed by atoms with van der Waals surface area (Å²) in [4.78, 5) is 10.2. The molecule has 0 radical (unpaired) electrons. The van der Waals surface area contributed by atoms with Crippen LogP contribution < -0.4 is 5.32 Å². The second-order valence-corrected chi connectivity index (χ2v) is 2.19. The van der Waals surface area contributed by atoms with Crippen LogP contribution in [0.1, 0.15) is 0 Å². The molecule has 1 amide bonds. The van der Waals surface area contributed by atoms with Gasteiger partial charge in [-0.1, -0.05) is 22.6 Å². The van der Waals surface area contributed by atoms with Crippen LogP contribution in [0.3, 0.4) is 0 Å². The fourth-order valence-corrected chi connectivity index (χ4v) is 0.491. The molecule has 3 nitrogen and oxygen atoms in total. The Morgan fingerprint density at radius 1 is 1.88 bits per heavy atom. The van der Waals surface area contributed by atoms with Crippen LogP contribution in [0.2, 0.25) is 0 Å². The highest BCUT2D eigenvalue weighted by atomic mass is 127. The van der Waals surface area contributed by atoms with Crippen LogP contribution in [0.4, 0.5) is 4.79 Å². The van der Waals surface area contributed by atoms with Crippen molar-refractivity contribution >= 4 is 28.7 Å². The zero-order valence-electron chi connectivity index (χ0n) is 4.61. The molecule has 0 aliphatic carbocycles. The van der Waals surface area contributed by atoms with Gasteiger partial charge in [0.1, 0.15) is 0 Å². The van der Waals surface area contributed by atoms with Gasteiger partial charge in [0.05, 0.1) is 7.11 Å². The lowest BCUT2D eigenvalue weighted by Crippen LogP contribution is -2.24. The largest absolute Gasteiger partial charge is 0.453 e. The van der Waals surface area contributed by atoms with Crippen molar-refractivity contribution in [3.8, 4) is 0 Å². The van der Waals surface area contributed by atoms with E-state index < -0.39 is 0 Å². The van der Waals surface area contributed by atoms with Crippen molar-refractivity contribution in [2.75, 3.05) is 18.1 Å². The first-order valence-corrected chi connectivity index (χ1v) is 3.71. The minimum absolute atomic E-state index is 0.360. The van der Waals surface area contributed by atoms with Gasteiger partial charge in [-0.05, 0) is 0 Å². The van der Waals surface area contributed by atoms with Gasteiger partial charge in [-0.25, -0.2) is 4.79 Å². The summed E-state index contributed by atoms with van der Waals surface area (Å²) in [6.45, 7) is 0.674. The third-order valence-electron chi connectivity index (χ3n) is 0.549. The van der Waals surface area contributed by atoms with E-state index in [1.165, 1.54) is 7.11 Å². The molecule has 1 N–H and O–H groups in total. The third kappa shape index (κ3) is 4.17. The van der Waals surface area contributed by atoms with Crippen molar-refractivity contribution in [3.05, 3.63) is 0 Å². The molecule has 0 aromatic heterocycles. The fraction of sp³-hybridized carbons (Fsp3) is 0.750. The molecule has 0 saturated heterocycles. The second kappa shape index (κ2) is 5.14. The van der Waals surface area contributed by atoms with E-state index in [9.17, 15) is 4.79 Å². The van der Waals surface area contributed by atoms with E-state index in [2.05, 4.69) is 32.6 Å². The van der Waals surface area contributed by atoms with Crippen molar-refractivity contribution in [1.29, 1.82) is 0 Å². The molecule has 0 heterocycles. The molecule has 0 aliphatic heterocycles. The second-order valence-electron chi connectivity index (χ2n) is 1.11. The Bertz CT molecular complexity index is 76.4. The Morgan fingerprint density at radius 2 is 2.50 bits per heavy atom. The molecule has 0 aliphatic rings. The van der Waals surface area contributed by atoms with Gasteiger partial charge in [-0.2, -0.15) is 0 Å². The maximum atomic E-state index is 10.2. The van der Waals surface area contributed by atoms with E-state index in [0.717, 1.165) is 4.43 Å². The number of hydrogen-bond donors (Lipinski definition) is 1. The molecule has 8 heavy (non-hydrogen) atoms. The molecule has 0 bridgehead atoms. The lowest BCUT2D eigenvalue weighted by Gasteiger charge is -1.97. The molecule has 0 spiro atoms. The van der Waals surface area contributed by atoms with E-state index in [1.54, 1.807) is 0 Å². The molecule has 0 aromatic carbocycles. The van der Waals surface area contributed by atoms with E-state index >= 15 is 0 Å². The normalized spacial score (nSPS) is 8.25. The van der Waals surface area contributed by atoms with Gasteiger partial charge in [0.25, 0.3) is 0 Å². The number of alkyl halides is 1. The number of alkyl carbamates (subject to hydrolysis) is 1. The van der Waals surface area contributed by atoms with Gasteiger partial charge in [-0.15, -0.1) is 0 Å². The van der Waals surface area contributed by atoms with E-state index in [-0.39, 0.29) is 6.09 Å². The van der Waals surface area contributed by atoms with Gasteiger partial charge in [-0.3, -0.25) is 0 Å². The summed E-state index contributed by atoms with van der Waals surface area (Å²) in [5.74, 6) is 0. The first-order valence-electron chi connectivity index (χ1n) is 2.19. The molecule has 0 aromatic rings. The van der Waals surface area contributed by atoms with E-state index in [0.29, 0.717) is 6.54 Å². The van der Waals surface area contributed by atoms with Gasteiger partial charge < -0.3 is 10.1 Å². The molecule has 0 atom stereocenters. The van der Waals surface area contributed by atoms with Gasteiger partial charge in [0.2, 0.25) is 0 Å². The smallest absolute Gasteiger partial charge is 0.406 e. The summed E-state index contributed by atoms with van der Waals surface area (Å²) in [5.41, 5.74) is 0. The maximum absolute atomic E-state index is 10.2. The van der Waals surface area contributed by atoms with Crippen LogP contribution in [0.15, 0.2) is 0 Å². The molecule has 48 valence electrons. The summed E-state index contributed by atoms with van der Waals surface area (Å²) in [5, 5.41) is 2.51.